The normalized spacial score (nSPS) is 24.3. The number of anilines is 1. The summed E-state index contributed by atoms with van der Waals surface area (Å²) in [5.41, 5.74) is 1.27. The van der Waals surface area contributed by atoms with E-state index in [-0.39, 0.29) is 50.0 Å². The van der Waals surface area contributed by atoms with Gasteiger partial charge >= 0.3 is 6.03 Å². The second kappa shape index (κ2) is 12.2. The molecular weight excluding hydrogens is 512 g/mol. The van der Waals surface area contributed by atoms with E-state index in [9.17, 15) is 19.1 Å². The molecule has 194 valence electrons. The van der Waals surface area contributed by atoms with Gasteiger partial charge in [0.1, 0.15) is 11.9 Å². The van der Waals surface area contributed by atoms with E-state index in [0.29, 0.717) is 35.1 Å². The number of carbonyl (C=O) groups excluding carboxylic acids is 2. The van der Waals surface area contributed by atoms with E-state index in [1.54, 1.807) is 35.2 Å². The number of benzene rings is 2. The summed E-state index contributed by atoms with van der Waals surface area (Å²) >= 11 is 12.0. The van der Waals surface area contributed by atoms with Crippen molar-refractivity contribution in [3.05, 3.63) is 63.9 Å². The minimum absolute atomic E-state index is 0.0615. The summed E-state index contributed by atoms with van der Waals surface area (Å²) in [6, 6.07) is 9.98. The van der Waals surface area contributed by atoms with Crippen molar-refractivity contribution in [3.63, 3.8) is 0 Å². The predicted molar refractivity (Wildman–Crippen MR) is 134 cm³/mol. The molecule has 3 amide bonds. The van der Waals surface area contributed by atoms with Crippen molar-refractivity contribution in [2.45, 2.75) is 50.2 Å². The lowest BCUT2D eigenvalue weighted by Gasteiger charge is -2.44. The molecule has 2 heterocycles. The van der Waals surface area contributed by atoms with Crippen molar-refractivity contribution in [1.82, 2.24) is 10.2 Å². The van der Waals surface area contributed by atoms with Crippen LogP contribution in [0.4, 0.5) is 14.9 Å². The first-order chi connectivity index (χ1) is 17.3. The van der Waals surface area contributed by atoms with Gasteiger partial charge in [0.05, 0.1) is 54.5 Å². The van der Waals surface area contributed by atoms with Gasteiger partial charge in [-0.15, -0.1) is 0 Å². The van der Waals surface area contributed by atoms with Crippen molar-refractivity contribution < 1.29 is 28.6 Å². The van der Waals surface area contributed by atoms with Crippen LogP contribution in [-0.2, 0) is 20.8 Å². The smallest absolute Gasteiger partial charge is 0.322 e. The Morgan fingerprint density at radius 3 is 2.61 bits per heavy atom. The quantitative estimate of drug-likeness (QED) is 0.533. The average molecular weight is 540 g/mol. The van der Waals surface area contributed by atoms with E-state index in [1.807, 2.05) is 0 Å². The number of ether oxygens (including phenoxy) is 2. The van der Waals surface area contributed by atoms with Crippen LogP contribution in [0.15, 0.2) is 42.5 Å². The second-order valence-corrected chi connectivity index (χ2v) is 9.77. The van der Waals surface area contributed by atoms with Gasteiger partial charge in [0.15, 0.2) is 0 Å². The minimum atomic E-state index is -0.847. The summed E-state index contributed by atoms with van der Waals surface area (Å²) in [7, 11) is 0. The molecule has 0 aliphatic carbocycles. The largest absolute Gasteiger partial charge is 0.389 e. The molecular formula is C25H28Cl2FN3O5. The van der Waals surface area contributed by atoms with Crippen molar-refractivity contribution in [2.75, 3.05) is 25.1 Å². The van der Waals surface area contributed by atoms with E-state index < -0.39 is 18.2 Å². The molecule has 4 rings (SSSR count). The zero-order chi connectivity index (χ0) is 25.7. The number of halogens is 3. The van der Waals surface area contributed by atoms with Gasteiger partial charge in [0.2, 0.25) is 5.91 Å². The molecule has 11 heteroatoms. The monoisotopic (exact) mass is 539 g/mol. The average Bonchev–Trinajstić information content (AvgIpc) is 2.84. The number of amides is 3. The third-order valence-corrected chi connectivity index (χ3v) is 6.97. The van der Waals surface area contributed by atoms with Crippen molar-refractivity contribution in [2.24, 2.45) is 0 Å². The van der Waals surface area contributed by atoms with Crippen LogP contribution in [0.3, 0.4) is 0 Å². The predicted octanol–water partition coefficient (Wildman–Crippen LogP) is 3.98. The minimum Gasteiger partial charge on any atom is -0.389 e. The van der Waals surface area contributed by atoms with E-state index in [0.717, 1.165) is 5.56 Å². The lowest BCUT2D eigenvalue weighted by atomic mass is 9.95. The highest BCUT2D eigenvalue weighted by atomic mass is 35.5. The number of nitrogens with one attached hydrogen (secondary N) is 2. The number of hydrogen-bond donors (Lipinski definition) is 3. The van der Waals surface area contributed by atoms with Gasteiger partial charge in [-0.1, -0.05) is 35.3 Å². The zero-order valence-electron chi connectivity index (χ0n) is 19.5. The topological polar surface area (TPSA) is 100 Å². The number of hydrogen-bond acceptors (Lipinski definition) is 5. The molecule has 2 aliphatic rings. The number of nitrogens with zero attached hydrogens (tertiary/aromatic N) is 1. The molecule has 2 saturated heterocycles. The van der Waals surface area contributed by atoms with Gasteiger partial charge < -0.3 is 30.1 Å². The fourth-order valence-electron chi connectivity index (χ4n) is 4.43. The molecule has 8 nitrogen and oxygen atoms in total. The SMILES string of the molecule is O=C(C[C@H]1CC[C@@H]2[C@H](COC[C@@H](O)CN2C(=O)Nc2ccc(Cl)c(Cl)c2)O1)NCc1ccc(F)cc1. The number of aliphatic hydroxyl groups excluding tert-OH is 1. The van der Waals surface area contributed by atoms with Crippen molar-refractivity contribution in [3.8, 4) is 0 Å². The molecule has 0 bridgehead atoms. The lowest BCUT2D eigenvalue weighted by molar-refractivity contribution is -0.149. The Bertz CT molecular complexity index is 1070. The third-order valence-electron chi connectivity index (χ3n) is 6.23. The molecule has 0 saturated carbocycles. The molecule has 0 unspecified atom stereocenters. The van der Waals surface area contributed by atoms with Gasteiger partial charge in [-0.25, -0.2) is 9.18 Å². The number of urea groups is 1. The summed E-state index contributed by atoms with van der Waals surface area (Å²) in [6.45, 7) is 0.611. The van der Waals surface area contributed by atoms with Gasteiger partial charge in [-0.05, 0) is 48.7 Å². The number of rotatable bonds is 5. The van der Waals surface area contributed by atoms with Gasteiger partial charge in [0, 0.05) is 12.2 Å². The molecule has 0 spiro atoms. The molecule has 2 aromatic carbocycles. The molecule has 2 aliphatic heterocycles. The molecule has 3 N–H and O–H groups in total. The Hall–Kier alpha value is -2.43. The highest BCUT2D eigenvalue weighted by Gasteiger charge is 2.40. The number of fused-ring (bicyclic) bond motifs is 1. The first kappa shape index (κ1) is 26.6. The first-order valence-corrected chi connectivity index (χ1v) is 12.5. The Morgan fingerprint density at radius 2 is 1.86 bits per heavy atom. The summed E-state index contributed by atoms with van der Waals surface area (Å²) in [5.74, 6) is -0.511. The number of β-amino-alcohol motifs (C(OH)–C–C–N with tert-alkyl or cyclic N) is 1. The second-order valence-electron chi connectivity index (χ2n) is 8.95. The maximum Gasteiger partial charge on any atom is 0.322 e. The maximum atomic E-state index is 13.2. The van der Waals surface area contributed by atoms with Crippen LogP contribution in [0.5, 0.6) is 0 Å². The molecule has 36 heavy (non-hydrogen) atoms. The Kier molecular flexibility index (Phi) is 9.03. The summed E-state index contributed by atoms with van der Waals surface area (Å²) < 4.78 is 24.8. The third kappa shape index (κ3) is 7.08. The van der Waals surface area contributed by atoms with Gasteiger partial charge in [-0.2, -0.15) is 0 Å². The standard InChI is InChI=1S/C25H28Cl2FN3O5/c26-20-7-5-17(9-21(20)27)30-25(34)31-12-18(32)13-35-14-23-22(31)8-6-19(36-23)10-24(33)29-11-15-1-3-16(28)4-2-15/h1-5,7,9,18-19,22-23,32H,6,8,10-14H2,(H,29,33)(H,30,34)/t18-,19+,22+,23-/m0/s1. The van der Waals surface area contributed by atoms with Crippen LogP contribution in [0.1, 0.15) is 24.8 Å². The van der Waals surface area contributed by atoms with Crippen LogP contribution in [0.2, 0.25) is 10.0 Å². The van der Waals surface area contributed by atoms with Gasteiger partial charge in [-0.3, -0.25) is 4.79 Å². The fraction of sp³-hybridized carbons (Fsp3) is 0.440. The molecule has 0 radical (unpaired) electrons. The van der Waals surface area contributed by atoms with Gasteiger partial charge in [0.25, 0.3) is 0 Å². The summed E-state index contributed by atoms with van der Waals surface area (Å²) in [5, 5.41) is 16.6. The van der Waals surface area contributed by atoms with Crippen LogP contribution < -0.4 is 10.6 Å². The first-order valence-electron chi connectivity index (χ1n) is 11.7. The zero-order valence-corrected chi connectivity index (χ0v) is 21.0. The number of carbonyl (C=O) groups is 2. The fourth-order valence-corrected chi connectivity index (χ4v) is 4.72. The van der Waals surface area contributed by atoms with Crippen LogP contribution in [-0.4, -0.2) is 66.1 Å². The molecule has 4 atom stereocenters. The van der Waals surface area contributed by atoms with Crippen LogP contribution in [0, 0.1) is 5.82 Å². The van der Waals surface area contributed by atoms with E-state index >= 15 is 0 Å². The highest BCUT2D eigenvalue weighted by Crippen LogP contribution is 2.29. The summed E-state index contributed by atoms with van der Waals surface area (Å²) in [6.07, 6.45) is -0.361. The lowest BCUT2D eigenvalue weighted by Crippen LogP contribution is -2.58. The Balaban J connectivity index is 1.36. The van der Waals surface area contributed by atoms with E-state index in [2.05, 4.69) is 10.6 Å². The number of aliphatic hydroxyl groups is 1. The van der Waals surface area contributed by atoms with E-state index in [4.69, 9.17) is 32.7 Å². The Morgan fingerprint density at radius 1 is 1.08 bits per heavy atom. The summed E-state index contributed by atoms with van der Waals surface area (Å²) in [4.78, 5) is 27.2. The van der Waals surface area contributed by atoms with Crippen molar-refractivity contribution >= 4 is 40.8 Å². The van der Waals surface area contributed by atoms with Crippen LogP contribution in [0.25, 0.3) is 0 Å². The maximum absolute atomic E-state index is 13.2. The highest BCUT2D eigenvalue weighted by molar-refractivity contribution is 6.42. The van der Waals surface area contributed by atoms with E-state index in [1.165, 1.54) is 12.1 Å². The Labute approximate surface area is 218 Å². The molecule has 2 aromatic rings. The van der Waals surface area contributed by atoms with Crippen molar-refractivity contribution in [1.29, 1.82) is 0 Å². The molecule has 2 fully saturated rings. The van der Waals surface area contributed by atoms with Crippen LogP contribution >= 0.6 is 23.2 Å². The molecule has 0 aromatic heterocycles.